The first-order valence-electron chi connectivity index (χ1n) is 7.39. The summed E-state index contributed by atoms with van der Waals surface area (Å²) in [6.45, 7) is 0.588. The van der Waals surface area contributed by atoms with Gasteiger partial charge in [0.15, 0.2) is 11.5 Å². The van der Waals surface area contributed by atoms with Gasteiger partial charge in [-0.3, -0.25) is 24.7 Å². The predicted octanol–water partition coefficient (Wildman–Crippen LogP) is -0.576. The van der Waals surface area contributed by atoms with E-state index in [1.165, 1.54) is 7.11 Å². The standard InChI is InChI=1S/C15H17N3O6/c1-22-5-4-18-13(19)7-10(15(18)21)16-17-14(20)9-2-3-11-12(6-9)24-8-23-11/h2-3,6,10,16H,4-5,7-8H2,1H3,(H,17,20). The Morgan fingerprint density at radius 2 is 2.12 bits per heavy atom. The van der Waals surface area contributed by atoms with Crippen LogP contribution in [0.2, 0.25) is 0 Å². The molecule has 1 aromatic carbocycles. The fourth-order valence-electron chi connectivity index (χ4n) is 2.48. The molecule has 2 heterocycles. The van der Waals surface area contributed by atoms with Gasteiger partial charge in [0.05, 0.1) is 19.6 Å². The minimum atomic E-state index is -0.785. The Bertz CT molecular complexity index is 677. The number of likely N-dealkylation sites (tertiary alicyclic amines) is 1. The van der Waals surface area contributed by atoms with E-state index in [4.69, 9.17) is 14.2 Å². The second kappa shape index (κ2) is 6.85. The topological polar surface area (TPSA) is 106 Å². The van der Waals surface area contributed by atoms with Crippen LogP contribution in [-0.4, -0.2) is 55.7 Å². The lowest BCUT2D eigenvalue weighted by Crippen LogP contribution is -2.48. The van der Waals surface area contributed by atoms with Crippen molar-refractivity contribution in [3.63, 3.8) is 0 Å². The zero-order valence-corrected chi connectivity index (χ0v) is 13.0. The number of amides is 3. The number of imide groups is 1. The molecule has 3 rings (SSSR count). The Morgan fingerprint density at radius 1 is 1.33 bits per heavy atom. The molecule has 24 heavy (non-hydrogen) atoms. The number of nitrogens with one attached hydrogen (secondary N) is 2. The normalized spacial score (nSPS) is 19.0. The average molecular weight is 335 g/mol. The Morgan fingerprint density at radius 3 is 2.92 bits per heavy atom. The molecule has 128 valence electrons. The molecule has 1 saturated heterocycles. The van der Waals surface area contributed by atoms with Gasteiger partial charge < -0.3 is 14.2 Å². The molecule has 1 unspecified atom stereocenters. The largest absolute Gasteiger partial charge is 0.454 e. The van der Waals surface area contributed by atoms with Crippen LogP contribution in [0.15, 0.2) is 18.2 Å². The van der Waals surface area contributed by atoms with Gasteiger partial charge in [-0.05, 0) is 18.2 Å². The summed E-state index contributed by atoms with van der Waals surface area (Å²) in [5, 5.41) is 0. The van der Waals surface area contributed by atoms with Gasteiger partial charge in [0.1, 0.15) is 6.04 Å². The summed E-state index contributed by atoms with van der Waals surface area (Å²) in [5.41, 5.74) is 5.40. The first kappa shape index (κ1) is 16.2. The number of rotatable bonds is 6. The smallest absolute Gasteiger partial charge is 0.265 e. The molecule has 2 N–H and O–H groups in total. The second-order valence-corrected chi connectivity index (χ2v) is 5.30. The maximum absolute atomic E-state index is 12.1. The molecule has 0 spiro atoms. The average Bonchev–Trinajstić information content (AvgIpc) is 3.15. The van der Waals surface area contributed by atoms with Crippen LogP contribution >= 0.6 is 0 Å². The summed E-state index contributed by atoms with van der Waals surface area (Å²) >= 11 is 0. The van der Waals surface area contributed by atoms with Gasteiger partial charge in [-0.1, -0.05) is 0 Å². The highest BCUT2D eigenvalue weighted by atomic mass is 16.7. The quantitative estimate of drug-likeness (QED) is 0.529. The Balaban J connectivity index is 1.57. The molecular formula is C15H17N3O6. The van der Waals surface area contributed by atoms with Gasteiger partial charge in [-0.15, -0.1) is 0 Å². The number of hydrazine groups is 1. The van der Waals surface area contributed by atoms with Crippen molar-refractivity contribution >= 4 is 17.7 Å². The van der Waals surface area contributed by atoms with Crippen molar-refractivity contribution in [2.24, 2.45) is 0 Å². The molecular weight excluding hydrogens is 318 g/mol. The number of hydrogen-bond acceptors (Lipinski definition) is 7. The van der Waals surface area contributed by atoms with E-state index in [0.29, 0.717) is 17.1 Å². The fraction of sp³-hybridized carbons (Fsp3) is 0.400. The number of benzene rings is 1. The number of hydrogen-bond donors (Lipinski definition) is 2. The number of carbonyl (C=O) groups excluding carboxylic acids is 3. The highest BCUT2D eigenvalue weighted by molar-refractivity contribution is 6.05. The van der Waals surface area contributed by atoms with E-state index in [0.717, 1.165) is 4.90 Å². The molecule has 1 atom stereocenters. The van der Waals surface area contributed by atoms with E-state index < -0.39 is 11.9 Å². The molecule has 1 aromatic rings. The first-order valence-corrected chi connectivity index (χ1v) is 7.39. The highest BCUT2D eigenvalue weighted by Gasteiger charge is 2.38. The van der Waals surface area contributed by atoms with E-state index in [-0.39, 0.29) is 38.2 Å². The molecule has 0 aromatic heterocycles. The third-order valence-corrected chi connectivity index (χ3v) is 3.76. The van der Waals surface area contributed by atoms with Crippen molar-refractivity contribution in [3.8, 4) is 11.5 Å². The maximum atomic E-state index is 12.1. The second-order valence-electron chi connectivity index (χ2n) is 5.30. The number of ether oxygens (including phenoxy) is 3. The Kier molecular flexibility index (Phi) is 4.63. The third-order valence-electron chi connectivity index (χ3n) is 3.76. The third kappa shape index (κ3) is 3.17. The van der Waals surface area contributed by atoms with Crippen molar-refractivity contribution in [1.82, 2.24) is 15.8 Å². The summed E-state index contributed by atoms with van der Waals surface area (Å²) in [5.74, 6) is -0.0656. The summed E-state index contributed by atoms with van der Waals surface area (Å²) in [7, 11) is 1.49. The summed E-state index contributed by atoms with van der Waals surface area (Å²) < 4.78 is 15.3. The van der Waals surface area contributed by atoms with Crippen LogP contribution in [0.25, 0.3) is 0 Å². The Labute approximate surface area is 137 Å². The fourth-order valence-corrected chi connectivity index (χ4v) is 2.48. The summed E-state index contributed by atoms with van der Waals surface area (Å²) in [6.07, 6.45) is -0.00995. The van der Waals surface area contributed by atoms with E-state index >= 15 is 0 Å². The van der Waals surface area contributed by atoms with E-state index in [9.17, 15) is 14.4 Å². The zero-order valence-electron chi connectivity index (χ0n) is 13.0. The van der Waals surface area contributed by atoms with Crippen LogP contribution in [-0.2, 0) is 14.3 Å². The van der Waals surface area contributed by atoms with Gasteiger partial charge in [-0.25, -0.2) is 5.43 Å². The van der Waals surface area contributed by atoms with Crippen LogP contribution in [0.4, 0.5) is 0 Å². The molecule has 2 aliphatic rings. The lowest BCUT2D eigenvalue weighted by molar-refractivity contribution is -0.139. The number of nitrogens with zero attached hydrogens (tertiary/aromatic N) is 1. The van der Waals surface area contributed by atoms with Crippen molar-refractivity contribution < 1.29 is 28.6 Å². The molecule has 0 aliphatic carbocycles. The number of carbonyl (C=O) groups is 3. The molecule has 3 amide bonds. The van der Waals surface area contributed by atoms with Gasteiger partial charge in [-0.2, -0.15) is 0 Å². The molecule has 1 fully saturated rings. The van der Waals surface area contributed by atoms with Gasteiger partial charge in [0, 0.05) is 12.7 Å². The van der Waals surface area contributed by atoms with Crippen molar-refractivity contribution in [3.05, 3.63) is 23.8 Å². The van der Waals surface area contributed by atoms with Gasteiger partial charge in [0.25, 0.3) is 5.91 Å². The van der Waals surface area contributed by atoms with Crippen LogP contribution in [0.3, 0.4) is 0 Å². The summed E-state index contributed by atoms with van der Waals surface area (Å²) in [6, 6.07) is 3.98. The van der Waals surface area contributed by atoms with E-state index in [2.05, 4.69) is 10.9 Å². The maximum Gasteiger partial charge on any atom is 0.265 e. The molecule has 0 radical (unpaired) electrons. The SMILES string of the molecule is COCCN1C(=O)CC(NNC(=O)c2ccc3c(c2)OCO3)C1=O. The van der Waals surface area contributed by atoms with E-state index in [1.54, 1.807) is 18.2 Å². The van der Waals surface area contributed by atoms with Crippen LogP contribution < -0.4 is 20.3 Å². The van der Waals surface area contributed by atoms with Crippen molar-refractivity contribution in [1.29, 1.82) is 0 Å². The monoisotopic (exact) mass is 335 g/mol. The summed E-state index contributed by atoms with van der Waals surface area (Å²) in [4.78, 5) is 37.2. The lowest BCUT2D eigenvalue weighted by atomic mass is 10.2. The first-order chi connectivity index (χ1) is 11.6. The predicted molar refractivity (Wildman–Crippen MR) is 80.2 cm³/mol. The number of fused-ring (bicyclic) bond motifs is 1. The highest BCUT2D eigenvalue weighted by Crippen LogP contribution is 2.32. The van der Waals surface area contributed by atoms with E-state index in [1.807, 2.05) is 0 Å². The van der Waals surface area contributed by atoms with Crippen LogP contribution in [0.5, 0.6) is 11.5 Å². The molecule has 9 heteroatoms. The Hall–Kier alpha value is -2.65. The zero-order chi connectivity index (χ0) is 17.1. The molecule has 2 aliphatic heterocycles. The minimum absolute atomic E-state index is 0.00995. The van der Waals surface area contributed by atoms with Crippen LogP contribution in [0, 0.1) is 0 Å². The van der Waals surface area contributed by atoms with Gasteiger partial charge in [0.2, 0.25) is 18.6 Å². The van der Waals surface area contributed by atoms with Crippen molar-refractivity contribution in [2.75, 3.05) is 27.1 Å². The molecule has 0 saturated carbocycles. The van der Waals surface area contributed by atoms with Gasteiger partial charge >= 0.3 is 0 Å². The lowest BCUT2D eigenvalue weighted by Gasteiger charge is -2.15. The van der Waals surface area contributed by atoms with Crippen molar-refractivity contribution in [2.45, 2.75) is 12.5 Å². The minimum Gasteiger partial charge on any atom is -0.454 e. The molecule has 9 nitrogen and oxygen atoms in total. The molecule has 0 bridgehead atoms. The van der Waals surface area contributed by atoms with Crippen LogP contribution in [0.1, 0.15) is 16.8 Å². The number of methoxy groups -OCH3 is 1.